The third-order valence-corrected chi connectivity index (χ3v) is 4.63. The molecule has 1 saturated heterocycles. The van der Waals surface area contributed by atoms with E-state index < -0.39 is 10.8 Å². The molecule has 0 radical (unpaired) electrons. The van der Waals surface area contributed by atoms with Gasteiger partial charge in [0.25, 0.3) is 5.69 Å². The van der Waals surface area contributed by atoms with Crippen LogP contribution in [0.1, 0.15) is 6.42 Å². The third-order valence-electron chi connectivity index (χ3n) is 3.96. The number of carbonyl (C=O) groups is 2. The van der Waals surface area contributed by atoms with Gasteiger partial charge >= 0.3 is 0 Å². The standard InChI is InChI=1S/C17H14BrN3O4/c18-14-6-1-2-7-15(14)20-10-11(8-16(20)22)17(23)19-12-4-3-5-13(9-12)21(24)25/h1-7,9,11H,8,10H2,(H,19,23)/t11-/m0/s1. The Morgan fingerprint density at radius 2 is 2.00 bits per heavy atom. The fraction of sp³-hybridized carbons (Fsp3) is 0.176. The number of para-hydroxylation sites is 1. The molecule has 128 valence electrons. The first-order chi connectivity index (χ1) is 12.0. The minimum Gasteiger partial charge on any atom is -0.326 e. The fourth-order valence-corrected chi connectivity index (χ4v) is 3.23. The number of rotatable bonds is 4. The Balaban J connectivity index is 1.72. The summed E-state index contributed by atoms with van der Waals surface area (Å²) in [5, 5.41) is 13.5. The van der Waals surface area contributed by atoms with Crippen molar-refractivity contribution < 1.29 is 14.5 Å². The SMILES string of the molecule is O=C(Nc1cccc([N+](=O)[O-])c1)[C@H]1CC(=O)N(c2ccccc2Br)C1. The average Bonchev–Trinajstić information content (AvgIpc) is 2.97. The van der Waals surface area contributed by atoms with Gasteiger partial charge in [0.1, 0.15) is 0 Å². The summed E-state index contributed by atoms with van der Waals surface area (Å²) in [5.74, 6) is -0.978. The van der Waals surface area contributed by atoms with E-state index >= 15 is 0 Å². The lowest BCUT2D eigenvalue weighted by Crippen LogP contribution is -2.28. The Kier molecular flexibility index (Phi) is 4.80. The number of halogens is 1. The summed E-state index contributed by atoms with van der Waals surface area (Å²) in [6.07, 6.45) is 0.0993. The van der Waals surface area contributed by atoms with Gasteiger partial charge in [-0.25, -0.2) is 0 Å². The summed E-state index contributed by atoms with van der Waals surface area (Å²) in [6, 6.07) is 13.0. The Morgan fingerprint density at radius 3 is 2.72 bits per heavy atom. The molecule has 1 aliphatic rings. The minimum atomic E-state index is -0.524. The number of anilines is 2. The zero-order valence-corrected chi connectivity index (χ0v) is 14.6. The van der Waals surface area contributed by atoms with E-state index in [9.17, 15) is 19.7 Å². The minimum absolute atomic E-state index is 0.0993. The van der Waals surface area contributed by atoms with Crippen LogP contribution >= 0.6 is 15.9 Å². The summed E-state index contributed by atoms with van der Waals surface area (Å²) in [7, 11) is 0. The number of hydrogen-bond acceptors (Lipinski definition) is 4. The summed E-state index contributed by atoms with van der Waals surface area (Å²) >= 11 is 3.41. The van der Waals surface area contributed by atoms with Gasteiger partial charge in [-0.3, -0.25) is 19.7 Å². The fourth-order valence-electron chi connectivity index (χ4n) is 2.73. The van der Waals surface area contributed by atoms with Crippen molar-refractivity contribution in [1.29, 1.82) is 0 Å². The van der Waals surface area contributed by atoms with Crippen molar-refractivity contribution in [2.45, 2.75) is 6.42 Å². The summed E-state index contributed by atoms with van der Waals surface area (Å²) in [4.78, 5) is 36.6. The molecule has 1 atom stereocenters. The highest BCUT2D eigenvalue weighted by molar-refractivity contribution is 9.10. The van der Waals surface area contributed by atoms with Crippen LogP contribution in [0.3, 0.4) is 0 Å². The van der Waals surface area contributed by atoms with Gasteiger partial charge in [-0.15, -0.1) is 0 Å². The summed E-state index contributed by atoms with van der Waals surface area (Å²) < 4.78 is 0.781. The molecular weight excluding hydrogens is 390 g/mol. The van der Waals surface area contributed by atoms with Gasteiger partial charge in [0.05, 0.1) is 16.5 Å². The van der Waals surface area contributed by atoms with E-state index in [1.54, 1.807) is 11.0 Å². The van der Waals surface area contributed by atoms with Crippen LogP contribution in [0.2, 0.25) is 0 Å². The highest BCUT2D eigenvalue weighted by Gasteiger charge is 2.35. The number of nitrogens with zero attached hydrogens (tertiary/aromatic N) is 2. The normalized spacial score (nSPS) is 16.8. The number of carbonyl (C=O) groups excluding carboxylic acids is 2. The topological polar surface area (TPSA) is 92.5 Å². The van der Waals surface area contributed by atoms with E-state index in [-0.39, 0.29) is 30.5 Å². The highest BCUT2D eigenvalue weighted by Crippen LogP contribution is 2.31. The average molecular weight is 404 g/mol. The van der Waals surface area contributed by atoms with E-state index in [0.717, 1.165) is 10.2 Å². The lowest BCUT2D eigenvalue weighted by Gasteiger charge is -2.18. The van der Waals surface area contributed by atoms with Crippen molar-refractivity contribution in [3.8, 4) is 0 Å². The van der Waals surface area contributed by atoms with Crippen LogP contribution in [0.4, 0.5) is 17.1 Å². The smallest absolute Gasteiger partial charge is 0.271 e. The van der Waals surface area contributed by atoms with Gasteiger partial charge in [0.15, 0.2) is 0 Å². The van der Waals surface area contributed by atoms with Gasteiger partial charge in [0, 0.05) is 35.3 Å². The van der Waals surface area contributed by atoms with E-state index in [1.807, 2.05) is 24.3 Å². The zero-order chi connectivity index (χ0) is 18.0. The van der Waals surface area contributed by atoms with Gasteiger partial charge in [-0.1, -0.05) is 18.2 Å². The number of nitro benzene ring substituents is 1. The molecule has 2 amide bonds. The molecule has 2 aromatic carbocycles. The van der Waals surface area contributed by atoms with Crippen molar-refractivity contribution in [1.82, 2.24) is 0 Å². The maximum atomic E-state index is 12.4. The number of nitrogens with one attached hydrogen (secondary N) is 1. The molecule has 1 aliphatic heterocycles. The molecule has 0 unspecified atom stereocenters. The molecular formula is C17H14BrN3O4. The Hall–Kier alpha value is -2.74. The van der Waals surface area contributed by atoms with Crippen LogP contribution in [0, 0.1) is 16.0 Å². The van der Waals surface area contributed by atoms with Crippen LogP contribution in [-0.2, 0) is 9.59 Å². The van der Waals surface area contributed by atoms with Crippen LogP contribution < -0.4 is 10.2 Å². The lowest BCUT2D eigenvalue weighted by molar-refractivity contribution is -0.384. The largest absolute Gasteiger partial charge is 0.326 e. The van der Waals surface area contributed by atoms with Crippen LogP contribution in [0.5, 0.6) is 0 Å². The van der Waals surface area contributed by atoms with E-state index in [4.69, 9.17) is 0 Å². The maximum absolute atomic E-state index is 12.4. The second kappa shape index (κ2) is 7.02. The third kappa shape index (κ3) is 3.69. The number of hydrogen-bond donors (Lipinski definition) is 1. The molecule has 0 bridgehead atoms. The number of amides is 2. The van der Waals surface area contributed by atoms with E-state index in [2.05, 4.69) is 21.2 Å². The summed E-state index contributed by atoms with van der Waals surface area (Å²) in [6.45, 7) is 0.266. The second-order valence-electron chi connectivity index (χ2n) is 5.65. The molecule has 0 spiro atoms. The molecule has 1 fully saturated rings. The molecule has 1 N–H and O–H groups in total. The van der Waals surface area contributed by atoms with Crippen molar-refractivity contribution in [3.05, 3.63) is 63.1 Å². The van der Waals surface area contributed by atoms with E-state index in [1.165, 1.54) is 18.2 Å². The number of benzene rings is 2. The Morgan fingerprint density at radius 1 is 1.24 bits per heavy atom. The molecule has 0 aliphatic carbocycles. The Labute approximate surface area is 151 Å². The molecule has 0 saturated carbocycles. The predicted octanol–water partition coefficient (Wildman–Crippen LogP) is 3.35. The number of nitro groups is 1. The molecule has 25 heavy (non-hydrogen) atoms. The second-order valence-corrected chi connectivity index (χ2v) is 6.51. The van der Waals surface area contributed by atoms with Crippen molar-refractivity contribution in [3.63, 3.8) is 0 Å². The molecule has 8 heteroatoms. The predicted molar refractivity (Wildman–Crippen MR) is 96.3 cm³/mol. The zero-order valence-electron chi connectivity index (χ0n) is 13.0. The van der Waals surface area contributed by atoms with Crippen LogP contribution in [0.25, 0.3) is 0 Å². The van der Waals surface area contributed by atoms with Crippen LogP contribution in [0.15, 0.2) is 53.0 Å². The highest BCUT2D eigenvalue weighted by atomic mass is 79.9. The Bertz CT molecular complexity index is 855. The van der Waals surface area contributed by atoms with Crippen molar-refractivity contribution in [2.75, 3.05) is 16.8 Å². The molecule has 7 nitrogen and oxygen atoms in total. The summed E-state index contributed by atoms with van der Waals surface area (Å²) in [5.41, 5.74) is 0.958. The monoisotopic (exact) mass is 403 g/mol. The molecule has 3 rings (SSSR count). The molecule has 2 aromatic rings. The van der Waals surface area contributed by atoms with Gasteiger partial charge in [-0.2, -0.15) is 0 Å². The van der Waals surface area contributed by atoms with Gasteiger partial charge in [0.2, 0.25) is 11.8 Å². The first-order valence-electron chi connectivity index (χ1n) is 7.56. The molecule has 0 aromatic heterocycles. The quantitative estimate of drug-likeness (QED) is 0.625. The number of non-ortho nitro benzene ring substituents is 1. The maximum Gasteiger partial charge on any atom is 0.271 e. The lowest BCUT2D eigenvalue weighted by atomic mass is 10.1. The molecule has 1 heterocycles. The first-order valence-corrected chi connectivity index (χ1v) is 8.35. The van der Waals surface area contributed by atoms with Gasteiger partial charge < -0.3 is 10.2 Å². The van der Waals surface area contributed by atoms with E-state index in [0.29, 0.717) is 5.69 Å². The van der Waals surface area contributed by atoms with Crippen LogP contribution in [-0.4, -0.2) is 23.3 Å². The van der Waals surface area contributed by atoms with Gasteiger partial charge in [-0.05, 0) is 34.1 Å². The van der Waals surface area contributed by atoms with Crippen molar-refractivity contribution in [2.24, 2.45) is 5.92 Å². The van der Waals surface area contributed by atoms with Crippen molar-refractivity contribution >= 4 is 44.8 Å². The first kappa shape index (κ1) is 17.1.